The van der Waals surface area contributed by atoms with Crippen LogP contribution in [0.2, 0.25) is 13.1 Å². The summed E-state index contributed by atoms with van der Waals surface area (Å²) in [5.41, 5.74) is 9.83. The molecular weight excluding hydrogens is 643 g/mol. The number of hydrogen-bond donors (Lipinski definition) is 0. The van der Waals surface area contributed by atoms with Crippen LogP contribution in [0.25, 0.3) is 27.1 Å². The monoisotopic (exact) mass is 683 g/mol. The first-order valence-electron chi connectivity index (χ1n) is 14.3. The maximum Gasteiger partial charge on any atom is 3.00 e. The third-order valence-corrected chi connectivity index (χ3v) is 14.0. The van der Waals surface area contributed by atoms with Gasteiger partial charge in [-0.2, -0.15) is 6.07 Å². The summed E-state index contributed by atoms with van der Waals surface area (Å²) in [6.07, 6.45) is 6.53. The van der Waals surface area contributed by atoms with E-state index in [2.05, 4.69) is 108 Å². The van der Waals surface area contributed by atoms with Gasteiger partial charge < -0.3 is 24.8 Å². The van der Waals surface area contributed by atoms with Crippen LogP contribution in [0.5, 0.6) is 0 Å². The average molecular weight is 686 g/mol. The first-order chi connectivity index (χ1) is 17.7. The number of thiophene rings is 1. The number of unbranched alkanes of at least 4 members (excludes halogenated alkanes) is 3. The van der Waals surface area contributed by atoms with Gasteiger partial charge in [0.05, 0.1) is 8.07 Å². The molecule has 4 aromatic rings. The van der Waals surface area contributed by atoms with Gasteiger partial charge in [-0.3, -0.25) is 0 Å². The SMILES string of the molecule is CC1=C2c3sc(C)cc3C1[Si]2(C)C.CCCCCCc1ccc(-c2cccc3[cH-]c(C(C)C)cc23)cc1.[Cl-].[Cl-].[Zr+3]. The van der Waals surface area contributed by atoms with E-state index in [9.17, 15) is 0 Å². The Bertz CT molecular complexity index is 1440. The molecule has 1 radical (unpaired) electrons. The first kappa shape index (κ1) is 35.4. The molecule has 2 aliphatic heterocycles. The molecule has 0 saturated heterocycles. The van der Waals surface area contributed by atoms with Gasteiger partial charge in [-0.15, -0.1) is 45.9 Å². The molecule has 3 heterocycles. The Balaban J connectivity index is 0.000000298. The number of fused-ring (bicyclic) bond motifs is 1. The summed E-state index contributed by atoms with van der Waals surface area (Å²) < 4.78 is 0. The Hall–Kier alpha value is -0.830. The average Bonchev–Trinajstić information content (AvgIpc) is 3.57. The Kier molecular flexibility index (Phi) is 12.9. The molecule has 211 valence electrons. The number of aryl methyl sites for hydroxylation is 2. The smallest absolute Gasteiger partial charge is 1.00 e. The van der Waals surface area contributed by atoms with Gasteiger partial charge in [0.15, 0.2) is 0 Å². The van der Waals surface area contributed by atoms with E-state index in [1.165, 1.54) is 70.0 Å². The van der Waals surface area contributed by atoms with Crippen molar-refractivity contribution in [2.75, 3.05) is 0 Å². The van der Waals surface area contributed by atoms with Crippen molar-refractivity contribution >= 4 is 35.4 Å². The summed E-state index contributed by atoms with van der Waals surface area (Å²) in [7, 11) is -0.995. The van der Waals surface area contributed by atoms with E-state index in [1.807, 2.05) is 11.3 Å². The van der Waals surface area contributed by atoms with Crippen molar-refractivity contribution in [1.82, 2.24) is 0 Å². The van der Waals surface area contributed by atoms with E-state index in [0.717, 1.165) is 5.54 Å². The Labute approximate surface area is 279 Å². The van der Waals surface area contributed by atoms with Gasteiger partial charge in [0.25, 0.3) is 0 Å². The molecular formula is C35H43Cl2SSiZr. The molecule has 1 aromatic heterocycles. The molecule has 2 bridgehead atoms. The number of benzene rings is 2. The molecule has 0 nitrogen and oxygen atoms in total. The topological polar surface area (TPSA) is 0 Å². The molecule has 5 heteroatoms. The number of hydrogen-bond acceptors (Lipinski definition) is 1. The molecule has 7 rings (SSSR count). The summed E-state index contributed by atoms with van der Waals surface area (Å²) in [5, 5.41) is 4.53. The zero-order valence-electron chi connectivity index (χ0n) is 25.1. The van der Waals surface area contributed by atoms with Gasteiger partial charge in [0.2, 0.25) is 0 Å². The molecule has 0 N–H and O–H groups in total. The van der Waals surface area contributed by atoms with Gasteiger partial charge in [0, 0.05) is 15.3 Å². The van der Waals surface area contributed by atoms with Gasteiger partial charge in [0.1, 0.15) is 0 Å². The van der Waals surface area contributed by atoms with Crippen molar-refractivity contribution < 1.29 is 51.0 Å². The number of halogens is 2. The molecule has 0 amide bonds. The van der Waals surface area contributed by atoms with Crippen molar-refractivity contribution in [1.29, 1.82) is 0 Å². The van der Waals surface area contributed by atoms with Crippen LogP contribution in [0, 0.1) is 6.92 Å². The van der Waals surface area contributed by atoms with Crippen LogP contribution < -0.4 is 24.8 Å². The normalized spacial score (nSPS) is 15.8. The van der Waals surface area contributed by atoms with Crippen LogP contribution in [0.1, 0.15) is 91.3 Å². The van der Waals surface area contributed by atoms with Gasteiger partial charge >= 0.3 is 26.2 Å². The minimum atomic E-state index is -0.995. The second-order valence-electron chi connectivity index (χ2n) is 12.1. The molecule has 0 saturated carbocycles. The third kappa shape index (κ3) is 6.70. The van der Waals surface area contributed by atoms with E-state index < -0.39 is 8.07 Å². The summed E-state index contributed by atoms with van der Waals surface area (Å²) in [6.45, 7) is 16.4. The maximum absolute atomic E-state index is 2.52. The summed E-state index contributed by atoms with van der Waals surface area (Å²) in [5.74, 6) is 0.579. The molecule has 0 fully saturated rings. The standard InChI is InChI=1S/C24H29.C11H14SSi.2ClH.Zr/c1-4-5-6-7-9-19-12-14-20(15-13-19)23-11-8-10-21-16-22(18(2)3)17-24(21)23;1-6-5-8-9(12-6)11-7(2)10(8)13(11,3)4;;;/h8,10-18H,4-7,9H2,1-3H3;5,10H,1-4H3;2*1H;/q-1;;;;+3/p-2. The van der Waals surface area contributed by atoms with E-state index >= 15 is 0 Å². The number of allylic oxidation sites excluding steroid dienone is 1. The van der Waals surface area contributed by atoms with Crippen molar-refractivity contribution in [3.05, 3.63) is 92.7 Å². The maximum atomic E-state index is 2.52. The second-order valence-corrected chi connectivity index (χ2v) is 17.9. The molecule has 40 heavy (non-hydrogen) atoms. The van der Waals surface area contributed by atoms with Crippen LogP contribution in [0.15, 0.2) is 66.2 Å². The van der Waals surface area contributed by atoms with Crippen molar-refractivity contribution in [2.45, 2.75) is 91.3 Å². The molecule has 3 aromatic carbocycles. The van der Waals surface area contributed by atoms with Crippen LogP contribution >= 0.6 is 11.3 Å². The zero-order chi connectivity index (χ0) is 26.3. The van der Waals surface area contributed by atoms with Gasteiger partial charge in [-0.1, -0.05) is 94.6 Å². The van der Waals surface area contributed by atoms with Crippen LogP contribution in [0.4, 0.5) is 0 Å². The quantitative estimate of drug-likeness (QED) is 0.143. The molecule has 1 unspecified atom stereocenters. The predicted molar refractivity (Wildman–Crippen MR) is 169 cm³/mol. The van der Waals surface area contributed by atoms with Crippen molar-refractivity contribution in [2.24, 2.45) is 0 Å². The summed E-state index contributed by atoms with van der Waals surface area (Å²) in [6, 6.07) is 23.0. The van der Waals surface area contributed by atoms with Gasteiger partial charge in [-0.05, 0) is 60.6 Å². The summed E-state index contributed by atoms with van der Waals surface area (Å²) >= 11 is 2.01. The Morgan fingerprint density at radius 2 is 1.62 bits per heavy atom. The van der Waals surface area contributed by atoms with Gasteiger partial charge in [-0.25, -0.2) is 0 Å². The molecule has 1 atom stereocenters. The van der Waals surface area contributed by atoms with E-state index in [-0.39, 0.29) is 51.0 Å². The third-order valence-electron chi connectivity index (χ3n) is 8.64. The van der Waals surface area contributed by atoms with E-state index in [0.29, 0.717) is 5.92 Å². The predicted octanol–water partition coefficient (Wildman–Crippen LogP) is 5.21. The van der Waals surface area contributed by atoms with Crippen molar-refractivity contribution in [3.63, 3.8) is 0 Å². The molecule has 1 aliphatic carbocycles. The van der Waals surface area contributed by atoms with Crippen LogP contribution in [0.3, 0.4) is 0 Å². The molecule has 0 spiro atoms. The van der Waals surface area contributed by atoms with Crippen LogP contribution in [-0.2, 0) is 32.6 Å². The summed E-state index contributed by atoms with van der Waals surface area (Å²) in [4.78, 5) is 3.14. The second kappa shape index (κ2) is 14.6. The minimum Gasteiger partial charge on any atom is -1.00 e. The van der Waals surface area contributed by atoms with Crippen LogP contribution in [-0.4, -0.2) is 8.07 Å². The number of rotatable bonds is 7. The fourth-order valence-electron chi connectivity index (χ4n) is 6.75. The zero-order valence-corrected chi connectivity index (χ0v) is 30.9. The van der Waals surface area contributed by atoms with Crippen molar-refractivity contribution in [3.8, 4) is 11.1 Å². The largest absolute Gasteiger partial charge is 3.00 e. The fourth-order valence-corrected chi connectivity index (χ4v) is 13.0. The minimum absolute atomic E-state index is 0. The Morgan fingerprint density at radius 1 is 0.925 bits per heavy atom. The van der Waals surface area contributed by atoms with E-state index in [4.69, 9.17) is 0 Å². The molecule has 3 aliphatic rings. The van der Waals surface area contributed by atoms with E-state index in [1.54, 1.807) is 21.2 Å². The Morgan fingerprint density at radius 3 is 2.23 bits per heavy atom. The first-order valence-corrected chi connectivity index (χ1v) is 18.2. The fraction of sp³-hybridized carbons (Fsp3) is 0.400.